The fourth-order valence-corrected chi connectivity index (χ4v) is 1.39. The maximum Gasteiger partial charge on any atom is 0.356 e. The lowest BCUT2D eigenvalue weighted by Crippen LogP contribution is -2.01. The Kier molecular flexibility index (Phi) is 2.25. The summed E-state index contributed by atoms with van der Waals surface area (Å²) in [6, 6.07) is 9.16. The van der Waals surface area contributed by atoms with E-state index in [1.165, 1.54) is 6.07 Å². The molecule has 0 aliphatic carbocycles. The maximum absolute atomic E-state index is 10.7. The molecule has 0 unspecified atom stereocenters. The van der Waals surface area contributed by atoms with Gasteiger partial charge in [-0.2, -0.15) is 5.10 Å². The van der Waals surface area contributed by atoms with Gasteiger partial charge in [-0.05, 0) is 24.6 Å². The smallest absolute Gasteiger partial charge is 0.356 e. The van der Waals surface area contributed by atoms with Crippen LogP contribution in [-0.4, -0.2) is 20.9 Å². The van der Waals surface area contributed by atoms with Crippen LogP contribution in [0, 0.1) is 6.92 Å². The largest absolute Gasteiger partial charge is 0.476 e. The summed E-state index contributed by atoms with van der Waals surface area (Å²) in [5, 5.41) is 12.7. The fraction of sp³-hybridized carbons (Fsp3) is 0.0909. The number of aromatic carboxylic acids is 1. The van der Waals surface area contributed by atoms with Crippen LogP contribution in [0.5, 0.6) is 0 Å². The van der Waals surface area contributed by atoms with Crippen LogP contribution < -0.4 is 0 Å². The van der Waals surface area contributed by atoms with Gasteiger partial charge in [0.2, 0.25) is 0 Å². The molecule has 0 saturated carbocycles. The van der Waals surface area contributed by atoms with Crippen LogP contribution in [-0.2, 0) is 0 Å². The summed E-state index contributed by atoms with van der Waals surface area (Å²) in [4.78, 5) is 10.7. The van der Waals surface area contributed by atoms with Crippen molar-refractivity contribution < 1.29 is 9.90 Å². The van der Waals surface area contributed by atoms with Gasteiger partial charge in [-0.1, -0.05) is 18.2 Å². The molecule has 0 amide bonds. The van der Waals surface area contributed by atoms with Gasteiger partial charge in [-0.15, -0.1) is 0 Å². The number of hydrogen-bond acceptors (Lipinski definition) is 2. The Hall–Kier alpha value is -2.10. The SMILES string of the molecule is Cc1ccccc1-n1ccc(C(=O)O)n1. The molecule has 1 N–H and O–H groups in total. The second-order valence-corrected chi connectivity index (χ2v) is 3.24. The van der Waals surface area contributed by atoms with E-state index in [-0.39, 0.29) is 5.69 Å². The first-order valence-electron chi connectivity index (χ1n) is 4.53. The molecule has 0 aliphatic rings. The summed E-state index contributed by atoms with van der Waals surface area (Å²) in [7, 11) is 0. The van der Waals surface area contributed by atoms with Crippen LogP contribution in [0.2, 0.25) is 0 Å². The van der Waals surface area contributed by atoms with Crippen molar-refractivity contribution in [3.8, 4) is 5.69 Å². The van der Waals surface area contributed by atoms with Crippen LogP contribution >= 0.6 is 0 Å². The van der Waals surface area contributed by atoms with E-state index in [0.29, 0.717) is 0 Å². The summed E-state index contributed by atoms with van der Waals surface area (Å²) in [5.74, 6) is -1.01. The van der Waals surface area contributed by atoms with Crippen LogP contribution in [0.3, 0.4) is 0 Å². The summed E-state index contributed by atoms with van der Waals surface area (Å²) >= 11 is 0. The molecule has 0 bridgehead atoms. The molecule has 0 radical (unpaired) electrons. The molecular formula is C11H10N2O2. The van der Waals surface area contributed by atoms with E-state index in [2.05, 4.69) is 5.10 Å². The van der Waals surface area contributed by atoms with E-state index >= 15 is 0 Å². The van der Waals surface area contributed by atoms with Gasteiger partial charge >= 0.3 is 5.97 Å². The van der Waals surface area contributed by atoms with E-state index in [1.807, 2.05) is 31.2 Å². The molecule has 0 fully saturated rings. The lowest BCUT2D eigenvalue weighted by Gasteiger charge is -2.04. The van der Waals surface area contributed by atoms with Crippen LogP contribution in [0.4, 0.5) is 0 Å². The Balaban J connectivity index is 2.46. The number of carboxylic acid groups (broad SMARTS) is 1. The van der Waals surface area contributed by atoms with Crippen molar-refractivity contribution in [2.45, 2.75) is 6.92 Å². The summed E-state index contributed by atoms with van der Waals surface area (Å²) in [6.07, 6.45) is 1.64. The van der Waals surface area contributed by atoms with E-state index in [9.17, 15) is 4.79 Å². The Morgan fingerprint density at radius 1 is 1.33 bits per heavy atom. The highest BCUT2D eigenvalue weighted by Crippen LogP contribution is 2.12. The lowest BCUT2D eigenvalue weighted by molar-refractivity contribution is 0.0690. The second kappa shape index (κ2) is 3.57. The Morgan fingerprint density at radius 3 is 2.67 bits per heavy atom. The van der Waals surface area contributed by atoms with Gasteiger partial charge in [0.25, 0.3) is 0 Å². The molecule has 1 aromatic carbocycles. The first-order chi connectivity index (χ1) is 7.18. The van der Waals surface area contributed by atoms with Crippen LogP contribution in [0.1, 0.15) is 16.1 Å². The van der Waals surface area contributed by atoms with Crippen molar-refractivity contribution in [1.29, 1.82) is 0 Å². The zero-order chi connectivity index (χ0) is 10.8. The number of carbonyl (C=O) groups is 1. The molecule has 2 aromatic rings. The monoisotopic (exact) mass is 202 g/mol. The quantitative estimate of drug-likeness (QED) is 0.808. The predicted octanol–water partition coefficient (Wildman–Crippen LogP) is 1.88. The topological polar surface area (TPSA) is 55.1 Å². The molecule has 1 heterocycles. The number of aryl methyl sites for hydroxylation is 1. The second-order valence-electron chi connectivity index (χ2n) is 3.24. The van der Waals surface area contributed by atoms with Gasteiger partial charge in [0, 0.05) is 6.20 Å². The van der Waals surface area contributed by atoms with Crippen molar-refractivity contribution in [2.75, 3.05) is 0 Å². The van der Waals surface area contributed by atoms with Crippen molar-refractivity contribution in [1.82, 2.24) is 9.78 Å². The van der Waals surface area contributed by atoms with Gasteiger partial charge in [-0.25, -0.2) is 9.48 Å². The summed E-state index contributed by atoms with van der Waals surface area (Å²) < 4.78 is 1.57. The average Bonchev–Trinajstić information content (AvgIpc) is 2.67. The Morgan fingerprint density at radius 2 is 2.07 bits per heavy atom. The van der Waals surface area contributed by atoms with Gasteiger partial charge < -0.3 is 5.11 Å². The average molecular weight is 202 g/mol. The molecule has 1 aromatic heterocycles. The number of benzene rings is 1. The molecule has 0 atom stereocenters. The molecule has 2 rings (SSSR count). The third kappa shape index (κ3) is 1.74. The lowest BCUT2D eigenvalue weighted by atomic mass is 10.2. The van der Waals surface area contributed by atoms with Gasteiger partial charge in [-0.3, -0.25) is 0 Å². The zero-order valence-corrected chi connectivity index (χ0v) is 8.21. The molecule has 4 nitrogen and oxygen atoms in total. The first-order valence-corrected chi connectivity index (χ1v) is 4.53. The minimum Gasteiger partial charge on any atom is -0.476 e. The van der Waals surface area contributed by atoms with Gasteiger partial charge in [0.15, 0.2) is 5.69 Å². The summed E-state index contributed by atoms with van der Waals surface area (Å²) in [5.41, 5.74) is 2.00. The van der Waals surface area contributed by atoms with Crippen molar-refractivity contribution in [2.24, 2.45) is 0 Å². The predicted molar refractivity (Wildman–Crippen MR) is 55.3 cm³/mol. The summed E-state index contributed by atoms with van der Waals surface area (Å²) in [6.45, 7) is 1.96. The molecule has 0 aliphatic heterocycles. The van der Waals surface area contributed by atoms with Crippen LogP contribution in [0.15, 0.2) is 36.5 Å². The molecule has 15 heavy (non-hydrogen) atoms. The third-order valence-electron chi connectivity index (χ3n) is 2.17. The molecule has 4 heteroatoms. The number of rotatable bonds is 2. The number of para-hydroxylation sites is 1. The number of nitrogens with zero attached hydrogens (tertiary/aromatic N) is 2. The minimum absolute atomic E-state index is 0.0539. The Labute approximate surface area is 86.8 Å². The molecule has 76 valence electrons. The molecular weight excluding hydrogens is 192 g/mol. The maximum atomic E-state index is 10.7. The molecule has 0 saturated heterocycles. The number of aromatic nitrogens is 2. The zero-order valence-electron chi connectivity index (χ0n) is 8.21. The standard InChI is InChI=1S/C11H10N2O2/c1-8-4-2-3-5-10(8)13-7-6-9(12-13)11(14)15/h2-7H,1H3,(H,14,15). The first kappa shape index (κ1) is 9.45. The normalized spacial score (nSPS) is 10.2. The highest BCUT2D eigenvalue weighted by atomic mass is 16.4. The van der Waals surface area contributed by atoms with E-state index in [4.69, 9.17) is 5.11 Å². The number of carboxylic acids is 1. The third-order valence-corrected chi connectivity index (χ3v) is 2.17. The van der Waals surface area contributed by atoms with Crippen molar-refractivity contribution in [3.63, 3.8) is 0 Å². The fourth-order valence-electron chi connectivity index (χ4n) is 1.39. The highest BCUT2D eigenvalue weighted by Gasteiger charge is 2.08. The van der Waals surface area contributed by atoms with E-state index in [1.54, 1.807) is 10.9 Å². The van der Waals surface area contributed by atoms with E-state index < -0.39 is 5.97 Å². The van der Waals surface area contributed by atoms with Gasteiger partial charge in [0.05, 0.1) is 5.69 Å². The minimum atomic E-state index is -1.01. The van der Waals surface area contributed by atoms with Gasteiger partial charge in [0.1, 0.15) is 0 Å². The Bertz CT molecular complexity index is 503. The van der Waals surface area contributed by atoms with Crippen molar-refractivity contribution in [3.05, 3.63) is 47.8 Å². The van der Waals surface area contributed by atoms with Crippen molar-refractivity contribution >= 4 is 5.97 Å². The number of hydrogen-bond donors (Lipinski definition) is 1. The highest BCUT2D eigenvalue weighted by molar-refractivity contribution is 5.85. The van der Waals surface area contributed by atoms with E-state index in [0.717, 1.165) is 11.3 Å². The molecule has 0 spiro atoms. The van der Waals surface area contributed by atoms with Crippen LogP contribution in [0.25, 0.3) is 5.69 Å².